The summed E-state index contributed by atoms with van der Waals surface area (Å²) in [5.74, 6) is -0.545. The molecule has 0 radical (unpaired) electrons. The molecule has 0 bridgehead atoms. The zero-order valence-corrected chi connectivity index (χ0v) is 19.7. The van der Waals surface area contributed by atoms with Crippen LogP contribution in [0.25, 0.3) is 5.52 Å². The van der Waals surface area contributed by atoms with E-state index >= 15 is 0 Å². The lowest BCUT2D eigenvalue weighted by Crippen LogP contribution is -2.25. The van der Waals surface area contributed by atoms with E-state index < -0.39 is 0 Å². The maximum Gasteiger partial charge on any atom is 0.278 e. The first kappa shape index (κ1) is 23.7. The number of fused-ring (bicyclic) bond motifs is 1. The van der Waals surface area contributed by atoms with Gasteiger partial charge in [0.2, 0.25) is 0 Å². The molecular formula is C26H28N6O3. The Labute approximate surface area is 202 Å². The second kappa shape index (κ2) is 9.84. The van der Waals surface area contributed by atoms with Crippen molar-refractivity contribution in [1.29, 1.82) is 0 Å². The van der Waals surface area contributed by atoms with Crippen LogP contribution in [-0.2, 0) is 6.54 Å². The summed E-state index contributed by atoms with van der Waals surface area (Å²) in [6.07, 6.45) is 11.5. The number of carbonyl (C=O) groups is 2. The Kier molecular flexibility index (Phi) is 6.68. The van der Waals surface area contributed by atoms with E-state index in [0.717, 1.165) is 18.4 Å². The van der Waals surface area contributed by atoms with Gasteiger partial charge in [0.15, 0.2) is 0 Å². The fourth-order valence-electron chi connectivity index (χ4n) is 3.69. The lowest BCUT2D eigenvalue weighted by molar-refractivity contribution is 0.0949. The van der Waals surface area contributed by atoms with Gasteiger partial charge in [0.25, 0.3) is 17.4 Å². The monoisotopic (exact) mass is 472 g/mol. The number of nitrogens with two attached hydrogens (primary N) is 1. The average Bonchev–Trinajstić information content (AvgIpc) is 3.57. The molecule has 2 heterocycles. The van der Waals surface area contributed by atoms with Gasteiger partial charge in [0.05, 0.1) is 12.1 Å². The highest BCUT2D eigenvalue weighted by Crippen LogP contribution is 2.23. The van der Waals surface area contributed by atoms with E-state index in [-0.39, 0.29) is 30.0 Å². The van der Waals surface area contributed by atoms with E-state index in [2.05, 4.69) is 22.3 Å². The molecule has 9 nitrogen and oxygen atoms in total. The number of allylic oxidation sites excluding steroid dienone is 4. The molecule has 4 rings (SSSR count). The first-order valence-corrected chi connectivity index (χ1v) is 11.3. The van der Waals surface area contributed by atoms with Crippen molar-refractivity contribution in [3.63, 3.8) is 0 Å². The molecule has 1 saturated carbocycles. The number of carbonyl (C=O) groups excluding carboxylic acids is 2. The van der Waals surface area contributed by atoms with Gasteiger partial charge >= 0.3 is 0 Å². The fraction of sp³-hybridized carbons (Fsp3) is 0.231. The molecule has 180 valence electrons. The number of aryl methyl sites for hydroxylation is 2. The van der Waals surface area contributed by atoms with Crippen molar-refractivity contribution in [2.24, 2.45) is 5.73 Å². The van der Waals surface area contributed by atoms with E-state index in [1.165, 1.54) is 27.8 Å². The molecule has 0 aliphatic heterocycles. The molecule has 0 spiro atoms. The topological polar surface area (TPSA) is 124 Å². The molecule has 1 aromatic carbocycles. The van der Waals surface area contributed by atoms with Crippen LogP contribution in [0.4, 0.5) is 5.69 Å². The summed E-state index contributed by atoms with van der Waals surface area (Å²) >= 11 is 0. The summed E-state index contributed by atoms with van der Waals surface area (Å²) in [4.78, 5) is 38.7. The highest BCUT2D eigenvalue weighted by atomic mass is 16.2. The van der Waals surface area contributed by atoms with Crippen molar-refractivity contribution >= 4 is 23.0 Å². The van der Waals surface area contributed by atoms with Gasteiger partial charge in [0, 0.05) is 23.5 Å². The first-order valence-electron chi connectivity index (χ1n) is 11.3. The third-order valence-corrected chi connectivity index (χ3v) is 5.85. The summed E-state index contributed by atoms with van der Waals surface area (Å²) in [7, 11) is 0. The van der Waals surface area contributed by atoms with Crippen LogP contribution < -0.4 is 21.9 Å². The summed E-state index contributed by atoms with van der Waals surface area (Å²) in [6.45, 7) is 7.76. The number of aromatic nitrogens is 3. The van der Waals surface area contributed by atoms with E-state index in [1.54, 1.807) is 43.4 Å². The molecule has 9 heteroatoms. The largest absolute Gasteiger partial charge is 0.405 e. The number of nitrogens with zero attached hydrogens (tertiary/aromatic N) is 3. The predicted molar refractivity (Wildman–Crippen MR) is 135 cm³/mol. The second-order valence-electron chi connectivity index (χ2n) is 8.66. The van der Waals surface area contributed by atoms with Gasteiger partial charge in [-0.1, -0.05) is 24.8 Å². The SMILES string of the molecule is C=C(/C=C\C=C/N)Cn1cnn2cc(C(=O)Nc3cc(C(=O)NC4CC4)ccc3C)c(C)c2c1=O. The maximum atomic E-state index is 13.1. The smallest absolute Gasteiger partial charge is 0.278 e. The molecule has 35 heavy (non-hydrogen) atoms. The van der Waals surface area contributed by atoms with Gasteiger partial charge in [0.1, 0.15) is 11.8 Å². The Balaban J connectivity index is 1.58. The highest BCUT2D eigenvalue weighted by molar-refractivity contribution is 6.07. The molecular weight excluding hydrogens is 444 g/mol. The minimum Gasteiger partial charge on any atom is -0.405 e. The Morgan fingerprint density at radius 3 is 2.71 bits per heavy atom. The van der Waals surface area contributed by atoms with Crippen molar-refractivity contribution < 1.29 is 9.59 Å². The van der Waals surface area contributed by atoms with Gasteiger partial charge in [-0.05, 0) is 67.8 Å². The zero-order valence-electron chi connectivity index (χ0n) is 19.7. The van der Waals surface area contributed by atoms with E-state index in [1.807, 2.05) is 6.92 Å². The van der Waals surface area contributed by atoms with E-state index in [0.29, 0.717) is 33.5 Å². The van der Waals surface area contributed by atoms with E-state index in [4.69, 9.17) is 5.73 Å². The van der Waals surface area contributed by atoms with Gasteiger partial charge in [-0.15, -0.1) is 0 Å². The van der Waals surface area contributed by atoms with Crippen molar-refractivity contribution in [3.8, 4) is 0 Å². The number of benzene rings is 1. The van der Waals surface area contributed by atoms with Crippen molar-refractivity contribution in [2.45, 2.75) is 39.3 Å². The summed E-state index contributed by atoms with van der Waals surface area (Å²) < 4.78 is 2.85. The van der Waals surface area contributed by atoms with Crippen LogP contribution >= 0.6 is 0 Å². The highest BCUT2D eigenvalue weighted by Gasteiger charge is 2.24. The number of amides is 2. The van der Waals surface area contributed by atoms with Crippen LogP contribution in [0.1, 0.15) is 44.7 Å². The molecule has 4 N–H and O–H groups in total. The van der Waals surface area contributed by atoms with Crippen molar-refractivity contribution in [1.82, 2.24) is 19.5 Å². The Bertz CT molecular complexity index is 1440. The van der Waals surface area contributed by atoms with Crippen LogP contribution in [0.15, 0.2) is 72.1 Å². The number of hydrogen-bond acceptors (Lipinski definition) is 5. The van der Waals surface area contributed by atoms with E-state index in [9.17, 15) is 14.4 Å². The Hall–Kier alpha value is -4.40. The molecule has 2 amide bonds. The normalized spacial score (nSPS) is 13.5. The summed E-state index contributed by atoms with van der Waals surface area (Å²) in [6, 6.07) is 5.44. The van der Waals surface area contributed by atoms with Gasteiger partial charge < -0.3 is 16.4 Å². The Morgan fingerprint density at radius 1 is 1.23 bits per heavy atom. The number of anilines is 1. The van der Waals surface area contributed by atoms with Crippen LogP contribution in [0.3, 0.4) is 0 Å². The molecule has 0 atom stereocenters. The quantitative estimate of drug-likeness (QED) is 0.435. The van der Waals surface area contributed by atoms with Crippen LogP contribution in [0.2, 0.25) is 0 Å². The molecule has 2 aromatic heterocycles. The zero-order chi connectivity index (χ0) is 25.1. The Morgan fingerprint density at radius 2 is 2.00 bits per heavy atom. The fourth-order valence-corrected chi connectivity index (χ4v) is 3.69. The molecule has 1 aliphatic rings. The van der Waals surface area contributed by atoms with Crippen molar-refractivity contribution in [3.05, 3.63) is 99.9 Å². The van der Waals surface area contributed by atoms with Gasteiger partial charge in [-0.25, -0.2) is 4.52 Å². The molecule has 1 aliphatic carbocycles. The molecule has 3 aromatic rings. The number of hydrogen-bond donors (Lipinski definition) is 3. The third-order valence-electron chi connectivity index (χ3n) is 5.85. The maximum absolute atomic E-state index is 13.1. The average molecular weight is 473 g/mol. The minimum absolute atomic E-state index is 0.158. The van der Waals surface area contributed by atoms with Crippen molar-refractivity contribution in [2.75, 3.05) is 5.32 Å². The molecule has 1 fully saturated rings. The molecule has 0 saturated heterocycles. The first-order chi connectivity index (χ1) is 16.8. The number of rotatable bonds is 8. The molecule has 0 unspecified atom stereocenters. The lowest BCUT2D eigenvalue weighted by Gasteiger charge is -2.11. The summed E-state index contributed by atoms with van der Waals surface area (Å²) in [5, 5.41) is 10.1. The van der Waals surface area contributed by atoms with Gasteiger partial charge in [-0.2, -0.15) is 5.10 Å². The predicted octanol–water partition coefficient (Wildman–Crippen LogP) is 2.84. The van der Waals surface area contributed by atoms with Gasteiger partial charge in [-0.3, -0.25) is 19.0 Å². The third kappa shape index (κ3) is 5.24. The van der Waals surface area contributed by atoms with Crippen LogP contribution in [0.5, 0.6) is 0 Å². The number of nitrogens with one attached hydrogen (secondary N) is 2. The summed E-state index contributed by atoms with van der Waals surface area (Å²) in [5.41, 5.74) is 8.72. The van der Waals surface area contributed by atoms with Crippen LogP contribution in [-0.4, -0.2) is 32.0 Å². The minimum atomic E-state index is -0.386. The second-order valence-corrected chi connectivity index (χ2v) is 8.66. The van der Waals surface area contributed by atoms with Crippen LogP contribution in [0, 0.1) is 13.8 Å². The lowest BCUT2D eigenvalue weighted by atomic mass is 10.1. The standard InChI is InChI=1S/C26H28N6O3/c1-16(6-4-5-11-27)13-31-15-28-32-14-21(18(3)23(32)26(31)35)25(34)30-22-12-19(8-7-17(22)2)24(33)29-20-9-10-20/h4-8,11-12,14-15,20H,1,9-10,13,27H2,2-3H3,(H,29,33)(H,30,34)/b6-4-,11-5-.